The lowest BCUT2D eigenvalue weighted by atomic mass is 10.0. The number of anilines is 2. The first kappa shape index (κ1) is 40.3. The first-order valence-corrected chi connectivity index (χ1v) is 20.7. The Kier molecular flexibility index (Phi) is 11.6. The quantitative estimate of drug-likeness (QED) is 0.0850. The number of hydrogen-bond acceptors (Lipinski definition) is 13. The molecule has 57 heavy (non-hydrogen) atoms. The number of aromatic amines is 2. The number of imidazole rings is 2. The van der Waals surface area contributed by atoms with E-state index in [1.807, 2.05) is 45.9 Å². The predicted molar refractivity (Wildman–Crippen MR) is 216 cm³/mol. The molecule has 4 aromatic carbocycles. The summed E-state index contributed by atoms with van der Waals surface area (Å²) in [5.74, 6) is 1.96. The van der Waals surface area contributed by atoms with E-state index < -0.39 is 19.1 Å². The summed E-state index contributed by atoms with van der Waals surface area (Å²) < 4.78 is 70.9. The molecule has 0 spiro atoms. The standard InChI is InChI=1S/C19H18N4O4S.C12H12N4O.C7H7ClO3S/c1-11-18(12(2)27-22-11)13-8-14-19(21-10-20-14)15(9-13)23-28(24,25)17-7-5-4-6-16(17)26-3;1-6-11(7(2)17-16-6)8-3-9(13)12-10(4-8)14-5-15-12;1-11-6-4-2-3-5-7(6)12(8,9)10/h4-10,23H,1-3H3,(H,20,21);3-5H,13H2,1-2H3,(H,14,15);2-5H,1H3. The Bertz CT molecular complexity index is 2900. The number of sulfonamides is 1. The zero-order chi connectivity index (χ0) is 41.1. The van der Waals surface area contributed by atoms with E-state index in [9.17, 15) is 16.8 Å². The van der Waals surface area contributed by atoms with Crippen LogP contribution >= 0.6 is 10.7 Å². The highest BCUT2D eigenvalue weighted by molar-refractivity contribution is 8.13. The second-order valence-corrected chi connectivity index (χ2v) is 16.6. The first-order chi connectivity index (χ1) is 27.1. The molecular formula is C38H37ClN8O8S2. The Labute approximate surface area is 331 Å². The van der Waals surface area contributed by atoms with E-state index in [1.165, 1.54) is 38.7 Å². The molecule has 0 fully saturated rings. The molecule has 0 atom stereocenters. The molecule has 16 nitrogen and oxygen atoms in total. The molecule has 0 unspecified atom stereocenters. The van der Waals surface area contributed by atoms with Gasteiger partial charge in [-0.2, -0.15) is 0 Å². The Morgan fingerprint density at radius 2 is 1.16 bits per heavy atom. The number of nitrogens with zero attached hydrogens (tertiary/aromatic N) is 4. The number of fused-ring (bicyclic) bond motifs is 2. The largest absolute Gasteiger partial charge is 0.495 e. The van der Waals surface area contributed by atoms with Crippen molar-refractivity contribution in [3.05, 3.63) is 108 Å². The summed E-state index contributed by atoms with van der Waals surface area (Å²) in [6, 6.07) is 20.1. The smallest absolute Gasteiger partial charge is 0.265 e. The number of aryl methyl sites for hydroxylation is 4. The van der Waals surface area contributed by atoms with Crippen LogP contribution in [0.2, 0.25) is 0 Å². The second-order valence-electron chi connectivity index (χ2n) is 12.4. The SMILES string of the molecule is COc1ccccc1S(=O)(=O)Cl.COc1ccccc1S(=O)(=O)Nc1cc(-c2c(C)noc2C)cc2[nH]cnc12.Cc1noc(C)c1-c1cc(N)c2nc[nH]c2c1. The first-order valence-electron chi connectivity index (χ1n) is 16.9. The highest BCUT2D eigenvalue weighted by Crippen LogP contribution is 2.35. The number of nitrogen functional groups attached to an aromatic ring is 1. The lowest BCUT2D eigenvalue weighted by molar-refractivity contribution is 0.393. The molecule has 5 N–H and O–H groups in total. The van der Waals surface area contributed by atoms with Gasteiger partial charge in [0.25, 0.3) is 19.1 Å². The number of hydrogen-bond donors (Lipinski definition) is 4. The van der Waals surface area contributed by atoms with Gasteiger partial charge in [0.05, 0.1) is 60.7 Å². The number of methoxy groups -OCH3 is 2. The van der Waals surface area contributed by atoms with Crippen LogP contribution in [0.3, 0.4) is 0 Å². The van der Waals surface area contributed by atoms with Gasteiger partial charge in [0.1, 0.15) is 43.8 Å². The van der Waals surface area contributed by atoms with Crippen LogP contribution in [-0.4, -0.2) is 61.3 Å². The molecule has 0 aliphatic carbocycles. The van der Waals surface area contributed by atoms with Gasteiger partial charge in [0, 0.05) is 21.8 Å². The highest BCUT2D eigenvalue weighted by Gasteiger charge is 2.23. The van der Waals surface area contributed by atoms with Gasteiger partial charge < -0.3 is 34.2 Å². The molecule has 0 amide bonds. The zero-order valence-corrected chi connectivity index (χ0v) is 33.8. The van der Waals surface area contributed by atoms with E-state index >= 15 is 0 Å². The van der Waals surface area contributed by atoms with Crippen molar-refractivity contribution in [1.29, 1.82) is 0 Å². The van der Waals surface area contributed by atoms with Gasteiger partial charge in [0.2, 0.25) is 0 Å². The maximum Gasteiger partial charge on any atom is 0.265 e. The number of ether oxygens (including phenoxy) is 2. The molecular weight excluding hydrogens is 796 g/mol. The minimum atomic E-state index is -3.90. The van der Waals surface area contributed by atoms with Crippen LogP contribution in [0.15, 0.2) is 104 Å². The van der Waals surface area contributed by atoms with E-state index in [1.54, 1.807) is 42.7 Å². The Morgan fingerprint density at radius 1 is 0.684 bits per heavy atom. The zero-order valence-electron chi connectivity index (χ0n) is 31.4. The van der Waals surface area contributed by atoms with Gasteiger partial charge in [0.15, 0.2) is 0 Å². The van der Waals surface area contributed by atoms with Gasteiger partial charge in [-0.25, -0.2) is 26.8 Å². The second kappa shape index (κ2) is 16.4. The van der Waals surface area contributed by atoms with E-state index in [4.69, 9.17) is 34.9 Å². The molecule has 296 valence electrons. The van der Waals surface area contributed by atoms with Crippen LogP contribution in [-0.2, 0) is 19.1 Å². The van der Waals surface area contributed by atoms with Crippen molar-refractivity contribution >= 4 is 63.2 Å². The van der Waals surface area contributed by atoms with Crippen LogP contribution < -0.4 is 19.9 Å². The number of H-pyrrole nitrogens is 2. The highest BCUT2D eigenvalue weighted by atomic mass is 35.7. The fourth-order valence-corrected chi connectivity index (χ4v) is 8.39. The number of nitrogens with two attached hydrogens (primary N) is 1. The molecule has 8 aromatic rings. The van der Waals surface area contributed by atoms with Gasteiger partial charge in [-0.05, 0) is 87.4 Å². The van der Waals surface area contributed by atoms with Crippen LogP contribution in [0, 0.1) is 27.7 Å². The fraction of sp³-hybridized carbons (Fsp3) is 0.158. The number of rotatable bonds is 8. The van der Waals surface area contributed by atoms with E-state index in [-0.39, 0.29) is 21.3 Å². The summed E-state index contributed by atoms with van der Waals surface area (Å²) in [7, 11) is 0.356. The van der Waals surface area contributed by atoms with Crippen LogP contribution in [0.1, 0.15) is 22.9 Å². The van der Waals surface area contributed by atoms with Crippen molar-refractivity contribution in [3.8, 4) is 33.8 Å². The molecule has 19 heteroatoms. The summed E-state index contributed by atoms with van der Waals surface area (Å²) in [6.07, 6.45) is 3.15. The Balaban J connectivity index is 0.000000160. The molecule has 4 aromatic heterocycles. The van der Waals surface area contributed by atoms with Crippen LogP contribution in [0.5, 0.6) is 11.5 Å². The number of para-hydroxylation sites is 2. The van der Waals surface area contributed by atoms with Crippen LogP contribution in [0.25, 0.3) is 44.3 Å². The molecule has 4 heterocycles. The van der Waals surface area contributed by atoms with Gasteiger partial charge in [-0.15, -0.1) is 0 Å². The normalized spacial score (nSPS) is 11.4. The average molecular weight is 833 g/mol. The lowest BCUT2D eigenvalue weighted by Crippen LogP contribution is -2.14. The molecule has 0 aliphatic rings. The fourth-order valence-electron chi connectivity index (χ4n) is 6.14. The van der Waals surface area contributed by atoms with Crippen molar-refractivity contribution in [2.75, 3.05) is 24.7 Å². The van der Waals surface area contributed by atoms with E-state index in [2.05, 4.69) is 35.0 Å². The average Bonchev–Trinajstić information content (AvgIpc) is 3.99. The third kappa shape index (κ3) is 8.57. The minimum Gasteiger partial charge on any atom is -0.495 e. The summed E-state index contributed by atoms with van der Waals surface area (Å²) >= 11 is 0. The number of halogens is 1. The summed E-state index contributed by atoms with van der Waals surface area (Å²) in [4.78, 5) is 14.5. The maximum absolute atomic E-state index is 13.0. The number of benzene rings is 4. The number of aromatic nitrogens is 6. The maximum atomic E-state index is 13.0. The molecule has 0 saturated heterocycles. The van der Waals surface area contributed by atoms with Crippen molar-refractivity contribution in [3.63, 3.8) is 0 Å². The summed E-state index contributed by atoms with van der Waals surface area (Å²) in [6.45, 7) is 7.45. The monoisotopic (exact) mass is 832 g/mol. The van der Waals surface area contributed by atoms with Gasteiger partial charge in [-0.3, -0.25) is 4.72 Å². The van der Waals surface area contributed by atoms with Crippen molar-refractivity contribution in [1.82, 2.24) is 30.2 Å². The number of nitrogens with one attached hydrogen (secondary N) is 3. The third-order valence-corrected chi connectivity index (χ3v) is 11.4. The molecule has 0 radical (unpaired) electrons. The lowest BCUT2D eigenvalue weighted by Gasteiger charge is -2.13. The molecule has 0 saturated carbocycles. The van der Waals surface area contributed by atoms with Gasteiger partial charge >= 0.3 is 0 Å². The topological polar surface area (TPSA) is 234 Å². The third-order valence-electron chi connectivity index (χ3n) is 8.66. The van der Waals surface area contributed by atoms with Crippen molar-refractivity contribution in [2.45, 2.75) is 37.5 Å². The minimum absolute atomic E-state index is 0.00540. The Morgan fingerprint density at radius 3 is 1.65 bits per heavy atom. The van der Waals surface area contributed by atoms with Gasteiger partial charge in [-0.1, -0.05) is 34.6 Å². The van der Waals surface area contributed by atoms with E-state index in [0.717, 1.165) is 50.4 Å². The Hall–Kier alpha value is -6.37. The van der Waals surface area contributed by atoms with Crippen molar-refractivity contribution in [2.24, 2.45) is 0 Å². The van der Waals surface area contributed by atoms with Crippen LogP contribution in [0.4, 0.5) is 11.4 Å². The predicted octanol–water partition coefficient (Wildman–Crippen LogP) is 7.68. The molecule has 0 bridgehead atoms. The summed E-state index contributed by atoms with van der Waals surface area (Å²) in [5.41, 5.74) is 15.0. The molecule has 0 aliphatic heterocycles. The van der Waals surface area contributed by atoms with E-state index in [0.29, 0.717) is 28.2 Å². The molecule has 8 rings (SSSR count). The summed E-state index contributed by atoms with van der Waals surface area (Å²) in [5, 5.41) is 7.93. The van der Waals surface area contributed by atoms with Crippen molar-refractivity contribution < 1.29 is 35.4 Å².